The number of hydrogen-bond acceptors (Lipinski definition) is 4. The van der Waals surface area contributed by atoms with Gasteiger partial charge in [-0.2, -0.15) is 4.99 Å². The average molecular weight is 217 g/mol. The molecule has 0 fully saturated rings. The summed E-state index contributed by atoms with van der Waals surface area (Å²) >= 11 is 0. The third-order valence-corrected chi connectivity index (χ3v) is 2.22. The van der Waals surface area contributed by atoms with Crippen molar-refractivity contribution >= 4 is 16.0 Å². The smallest absolute Gasteiger partial charge is 0.289 e. The molecule has 0 spiro atoms. The van der Waals surface area contributed by atoms with Crippen LogP contribution < -0.4 is 0 Å². The van der Waals surface area contributed by atoms with Crippen LogP contribution >= 0.6 is 0 Å². The summed E-state index contributed by atoms with van der Waals surface area (Å²) in [5.41, 5.74) is 0. The Morgan fingerprint density at radius 1 is 1.21 bits per heavy atom. The molecule has 1 rings (SSSR count). The largest absolute Gasteiger partial charge is 0.474 e. The maximum absolute atomic E-state index is 11.4. The zero-order valence-corrected chi connectivity index (χ0v) is 9.63. The fraction of sp³-hybridized carbons (Fsp3) is 0.667. The van der Waals surface area contributed by atoms with Gasteiger partial charge in [-0.05, 0) is 27.7 Å². The normalized spacial score (nSPS) is 21.1. The van der Waals surface area contributed by atoms with Crippen molar-refractivity contribution in [1.82, 2.24) is 0 Å². The average Bonchev–Trinajstić information content (AvgIpc) is 2.28. The van der Waals surface area contributed by atoms with E-state index in [1.165, 1.54) is 5.41 Å². The first-order chi connectivity index (χ1) is 6.49. The van der Waals surface area contributed by atoms with Crippen LogP contribution in [0.15, 0.2) is 16.3 Å². The Morgan fingerprint density at radius 3 is 2.29 bits per heavy atom. The van der Waals surface area contributed by atoms with Gasteiger partial charge in [-0.3, -0.25) is 0 Å². The van der Waals surface area contributed by atoms with Crippen LogP contribution in [0.2, 0.25) is 0 Å². The van der Waals surface area contributed by atoms with Crippen LogP contribution in [0.1, 0.15) is 27.7 Å². The molecule has 1 unspecified atom stereocenters. The molecule has 0 saturated carbocycles. The molecule has 1 aliphatic heterocycles. The van der Waals surface area contributed by atoms with Crippen LogP contribution in [-0.4, -0.2) is 21.6 Å². The van der Waals surface area contributed by atoms with Crippen molar-refractivity contribution < 1.29 is 13.7 Å². The number of aliphatic imine (C=N–C) groups is 1. The summed E-state index contributed by atoms with van der Waals surface area (Å²) in [5.74, 6) is 0.383. The van der Waals surface area contributed by atoms with Crippen molar-refractivity contribution in [3.63, 3.8) is 0 Å². The highest BCUT2D eigenvalue weighted by atomic mass is 32.2. The standard InChI is InChI=1S/C9H15NO3S/c1-6(2)12-8-5-14(11)9(10-8)13-7(3)4/h5-7H,1-4H3. The fourth-order valence-electron chi connectivity index (χ4n) is 0.874. The number of rotatable bonds is 3. The molecule has 0 aromatic heterocycles. The predicted molar refractivity (Wildman–Crippen MR) is 56.1 cm³/mol. The fourth-order valence-corrected chi connectivity index (χ4v) is 1.73. The van der Waals surface area contributed by atoms with Gasteiger partial charge in [-0.25, -0.2) is 4.21 Å². The second kappa shape index (κ2) is 4.59. The van der Waals surface area contributed by atoms with Gasteiger partial charge in [0.05, 0.1) is 17.6 Å². The maximum Gasteiger partial charge on any atom is 0.289 e. The molecule has 0 bridgehead atoms. The first-order valence-electron chi connectivity index (χ1n) is 4.53. The van der Waals surface area contributed by atoms with Gasteiger partial charge in [0.1, 0.15) is 10.8 Å². The van der Waals surface area contributed by atoms with Crippen LogP contribution in [0.25, 0.3) is 0 Å². The van der Waals surface area contributed by atoms with E-state index in [1.54, 1.807) is 0 Å². The Kier molecular flexibility index (Phi) is 3.69. The molecule has 4 nitrogen and oxygen atoms in total. The highest BCUT2D eigenvalue weighted by Gasteiger charge is 2.20. The van der Waals surface area contributed by atoms with Crippen LogP contribution in [0.5, 0.6) is 0 Å². The predicted octanol–water partition coefficient (Wildman–Crippen LogP) is 1.75. The minimum absolute atomic E-state index is 0.0236. The van der Waals surface area contributed by atoms with E-state index in [0.717, 1.165) is 0 Å². The zero-order valence-electron chi connectivity index (χ0n) is 8.81. The third kappa shape index (κ3) is 3.14. The van der Waals surface area contributed by atoms with E-state index in [-0.39, 0.29) is 17.4 Å². The van der Waals surface area contributed by atoms with Crippen LogP contribution in [0.3, 0.4) is 0 Å². The summed E-state index contributed by atoms with van der Waals surface area (Å²) in [4.78, 5) is 3.98. The van der Waals surface area contributed by atoms with E-state index in [2.05, 4.69) is 4.99 Å². The summed E-state index contributed by atoms with van der Waals surface area (Å²) < 4.78 is 21.9. The lowest BCUT2D eigenvalue weighted by molar-refractivity contribution is 0.145. The summed E-state index contributed by atoms with van der Waals surface area (Å²) in [6.45, 7) is 7.50. The van der Waals surface area contributed by atoms with Gasteiger partial charge in [0, 0.05) is 0 Å². The van der Waals surface area contributed by atoms with Crippen LogP contribution in [0.4, 0.5) is 0 Å². The first-order valence-corrected chi connectivity index (χ1v) is 5.74. The molecule has 0 aromatic rings. The Morgan fingerprint density at radius 2 is 1.79 bits per heavy atom. The minimum Gasteiger partial charge on any atom is -0.474 e. The molecule has 0 amide bonds. The van der Waals surface area contributed by atoms with Gasteiger partial charge < -0.3 is 9.47 Å². The minimum atomic E-state index is -1.29. The van der Waals surface area contributed by atoms with Crippen molar-refractivity contribution in [2.45, 2.75) is 39.9 Å². The Balaban J connectivity index is 2.62. The van der Waals surface area contributed by atoms with Gasteiger partial charge in [0.15, 0.2) is 0 Å². The molecule has 80 valence electrons. The molecule has 0 aliphatic carbocycles. The van der Waals surface area contributed by atoms with Gasteiger partial charge in [0.25, 0.3) is 5.23 Å². The second-order valence-corrected chi connectivity index (χ2v) is 4.64. The first kappa shape index (κ1) is 11.2. The summed E-state index contributed by atoms with van der Waals surface area (Å²) in [6, 6.07) is 0. The monoisotopic (exact) mass is 217 g/mol. The van der Waals surface area contributed by atoms with Gasteiger partial charge >= 0.3 is 0 Å². The SMILES string of the molecule is CC(C)OC1=CS(=O)C(OC(C)C)=N1. The third-order valence-electron chi connectivity index (χ3n) is 1.27. The number of hydrogen-bond donors (Lipinski definition) is 0. The number of ether oxygens (including phenoxy) is 2. The molecule has 0 aromatic carbocycles. The van der Waals surface area contributed by atoms with Crippen molar-refractivity contribution in [3.05, 3.63) is 11.3 Å². The lowest BCUT2D eigenvalue weighted by atomic mass is 10.5. The summed E-state index contributed by atoms with van der Waals surface area (Å²) in [5, 5.41) is 1.69. The summed E-state index contributed by atoms with van der Waals surface area (Å²) in [6.07, 6.45) is 0.00454. The quantitative estimate of drug-likeness (QED) is 0.723. The van der Waals surface area contributed by atoms with E-state index in [1.807, 2.05) is 27.7 Å². The molecule has 0 saturated heterocycles. The zero-order chi connectivity index (χ0) is 10.7. The molecule has 14 heavy (non-hydrogen) atoms. The van der Waals surface area contributed by atoms with E-state index in [0.29, 0.717) is 5.88 Å². The van der Waals surface area contributed by atoms with E-state index < -0.39 is 10.8 Å². The lowest BCUT2D eigenvalue weighted by Gasteiger charge is -2.08. The van der Waals surface area contributed by atoms with Crippen molar-refractivity contribution in [2.24, 2.45) is 4.99 Å². The summed E-state index contributed by atoms with van der Waals surface area (Å²) in [7, 11) is -1.29. The Hall–Kier alpha value is -0.840. The molecular weight excluding hydrogens is 202 g/mol. The van der Waals surface area contributed by atoms with Crippen molar-refractivity contribution in [2.75, 3.05) is 0 Å². The van der Waals surface area contributed by atoms with E-state index in [9.17, 15) is 4.21 Å². The molecule has 1 aliphatic rings. The number of nitrogens with zero attached hydrogens (tertiary/aromatic N) is 1. The Labute approximate surface area is 86.5 Å². The highest BCUT2D eigenvalue weighted by Crippen LogP contribution is 2.15. The molecule has 0 radical (unpaired) electrons. The molecular formula is C9H15NO3S. The van der Waals surface area contributed by atoms with E-state index >= 15 is 0 Å². The molecule has 1 heterocycles. The lowest BCUT2D eigenvalue weighted by Crippen LogP contribution is -2.13. The molecule has 0 N–H and O–H groups in total. The van der Waals surface area contributed by atoms with Crippen molar-refractivity contribution in [1.29, 1.82) is 0 Å². The van der Waals surface area contributed by atoms with Crippen LogP contribution in [-0.2, 0) is 20.3 Å². The molecule has 5 heteroatoms. The van der Waals surface area contributed by atoms with Gasteiger partial charge in [-0.1, -0.05) is 0 Å². The maximum atomic E-state index is 11.4. The second-order valence-electron chi connectivity index (χ2n) is 3.46. The van der Waals surface area contributed by atoms with Gasteiger partial charge in [0.2, 0.25) is 5.88 Å². The van der Waals surface area contributed by atoms with Gasteiger partial charge in [-0.15, -0.1) is 0 Å². The van der Waals surface area contributed by atoms with Crippen molar-refractivity contribution in [3.8, 4) is 0 Å². The van der Waals surface area contributed by atoms with Crippen LogP contribution in [0, 0.1) is 0 Å². The Bertz CT molecular complexity index is 284. The highest BCUT2D eigenvalue weighted by molar-refractivity contribution is 8.03. The topological polar surface area (TPSA) is 47.9 Å². The van der Waals surface area contributed by atoms with E-state index in [4.69, 9.17) is 9.47 Å². The molecule has 1 atom stereocenters.